The van der Waals surface area contributed by atoms with E-state index in [0.29, 0.717) is 5.69 Å². The Bertz CT molecular complexity index is 1080. The molecule has 0 atom stereocenters. The molecule has 31 heavy (non-hydrogen) atoms. The van der Waals surface area contributed by atoms with E-state index in [0.717, 1.165) is 43.3 Å². The van der Waals surface area contributed by atoms with Crippen molar-refractivity contribution in [1.29, 1.82) is 0 Å². The van der Waals surface area contributed by atoms with Crippen LogP contribution in [0.3, 0.4) is 0 Å². The fourth-order valence-electron chi connectivity index (χ4n) is 3.51. The summed E-state index contributed by atoms with van der Waals surface area (Å²) in [5.74, 6) is -1.91. The summed E-state index contributed by atoms with van der Waals surface area (Å²) < 4.78 is 27.5. The molecule has 1 aliphatic rings. The normalized spacial score (nSPS) is 13.6. The van der Waals surface area contributed by atoms with Gasteiger partial charge < -0.3 is 10.2 Å². The van der Waals surface area contributed by atoms with Crippen molar-refractivity contribution in [2.45, 2.75) is 13.3 Å². The summed E-state index contributed by atoms with van der Waals surface area (Å²) in [6.45, 7) is 3.77. The van der Waals surface area contributed by atoms with Gasteiger partial charge in [0, 0.05) is 25.0 Å². The van der Waals surface area contributed by atoms with Crippen LogP contribution in [0.5, 0.6) is 0 Å². The van der Waals surface area contributed by atoms with E-state index >= 15 is 0 Å². The summed E-state index contributed by atoms with van der Waals surface area (Å²) in [7, 11) is 0. The van der Waals surface area contributed by atoms with Crippen LogP contribution in [0.15, 0.2) is 66.6 Å². The first-order valence-corrected chi connectivity index (χ1v) is 9.58. The summed E-state index contributed by atoms with van der Waals surface area (Å²) in [6, 6.07) is 13.1. The van der Waals surface area contributed by atoms with E-state index < -0.39 is 23.1 Å². The number of hydrogen-bond acceptors (Lipinski definition) is 4. The van der Waals surface area contributed by atoms with Gasteiger partial charge in [-0.25, -0.2) is 13.8 Å². The van der Waals surface area contributed by atoms with Crippen LogP contribution < -0.4 is 10.2 Å². The molecule has 0 fully saturated rings. The molecule has 8 heteroatoms. The van der Waals surface area contributed by atoms with Gasteiger partial charge >= 0.3 is 0 Å². The highest BCUT2D eigenvalue weighted by Crippen LogP contribution is 2.29. The lowest BCUT2D eigenvalue weighted by Crippen LogP contribution is -2.31. The minimum absolute atomic E-state index is 0. The first-order valence-electron chi connectivity index (χ1n) is 9.58. The Morgan fingerprint density at radius 1 is 1.06 bits per heavy atom. The molecule has 0 unspecified atom stereocenters. The lowest BCUT2D eigenvalue weighted by Gasteiger charge is -2.31. The van der Waals surface area contributed by atoms with Crippen LogP contribution in [0.1, 0.15) is 29.3 Å². The lowest BCUT2D eigenvalue weighted by molar-refractivity contribution is 0.101. The Hall–Kier alpha value is -3.32. The number of pyridine rings is 2. The summed E-state index contributed by atoms with van der Waals surface area (Å²) in [6.07, 6.45) is 4.34. The van der Waals surface area contributed by atoms with Gasteiger partial charge in [-0.15, -0.1) is 12.4 Å². The first kappa shape index (κ1) is 22.4. The smallest absolute Gasteiger partial charge is 0.261 e. The number of nitrogens with zero attached hydrogens (tertiary/aromatic N) is 3. The standard InChI is InChI=1S/C23H20F2N4O.ClH/c1-15-9-11-29(21-4-2-3-10-27-21)14-18(15)16-5-7-17(8-6-16)28-23(30)22-19(24)12-26-13-20(22)25;/h2-8,10,12-13H,9,11,14H2,1H3,(H,28,30);1H. The van der Waals surface area contributed by atoms with Crippen LogP contribution in [-0.2, 0) is 0 Å². The number of halogens is 3. The van der Waals surface area contributed by atoms with Gasteiger partial charge in [-0.3, -0.25) is 9.78 Å². The van der Waals surface area contributed by atoms with Gasteiger partial charge in [0.15, 0.2) is 11.6 Å². The zero-order chi connectivity index (χ0) is 21.1. The maximum atomic E-state index is 13.8. The molecule has 5 nitrogen and oxygen atoms in total. The highest BCUT2D eigenvalue weighted by molar-refractivity contribution is 6.04. The molecule has 3 heterocycles. The Morgan fingerprint density at radius 2 is 1.77 bits per heavy atom. The molecule has 0 saturated heterocycles. The number of aromatic nitrogens is 2. The number of anilines is 2. The van der Waals surface area contributed by atoms with E-state index in [2.05, 4.69) is 27.1 Å². The second-order valence-electron chi connectivity index (χ2n) is 7.13. The van der Waals surface area contributed by atoms with Crippen molar-refractivity contribution in [2.24, 2.45) is 0 Å². The Kier molecular flexibility index (Phi) is 6.97. The fourth-order valence-corrected chi connectivity index (χ4v) is 3.51. The molecule has 2 aromatic heterocycles. The maximum absolute atomic E-state index is 13.8. The molecule has 0 bridgehead atoms. The highest BCUT2D eigenvalue weighted by atomic mass is 35.5. The van der Waals surface area contributed by atoms with Gasteiger partial charge in [0.1, 0.15) is 11.4 Å². The second kappa shape index (κ2) is 9.66. The Morgan fingerprint density at radius 3 is 2.42 bits per heavy atom. The molecular formula is C23H21ClF2N4O. The number of carbonyl (C=O) groups is 1. The topological polar surface area (TPSA) is 58.1 Å². The minimum Gasteiger partial charge on any atom is -0.352 e. The molecule has 1 aliphatic heterocycles. The summed E-state index contributed by atoms with van der Waals surface area (Å²) in [5, 5.41) is 2.53. The van der Waals surface area contributed by atoms with Crippen molar-refractivity contribution >= 4 is 35.4 Å². The van der Waals surface area contributed by atoms with Crippen molar-refractivity contribution in [2.75, 3.05) is 23.3 Å². The summed E-state index contributed by atoms with van der Waals surface area (Å²) in [5.41, 5.74) is 3.35. The van der Waals surface area contributed by atoms with Crippen LogP contribution >= 0.6 is 12.4 Å². The third-order valence-corrected chi connectivity index (χ3v) is 5.17. The van der Waals surface area contributed by atoms with E-state index in [1.165, 1.54) is 11.1 Å². The third-order valence-electron chi connectivity index (χ3n) is 5.17. The number of rotatable bonds is 4. The van der Waals surface area contributed by atoms with Crippen LogP contribution in [-0.4, -0.2) is 29.0 Å². The quantitative estimate of drug-likeness (QED) is 0.609. The first-order chi connectivity index (χ1) is 14.5. The van der Waals surface area contributed by atoms with E-state index in [1.807, 2.05) is 30.3 Å². The molecule has 0 saturated carbocycles. The SMILES string of the molecule is CC1=C(c2ccc(NC(=O)c3c(F)cncc3F)cc2)CN(c2ccccn2)CC1.Cl. The predicted molar refractivity (Wildman–Crippen MR) is 119 cm³/mol. The molecule has 1 amide bonds. The number of benzene rings is 1. The van der Waals surface area contributed by atoms with E-state index in [9.17, 15) is 13.6 Å². The van der Waals surface area contributed by atoms with Gasteiger partial charge in [0.25, 0.3) is 5.91 Å². The van der Waals surface area contributed by atoms with Crippen LogP contribution in [0.25, 0.3) is 5.57 Å². The number of carbonyl (C=O) groups excluding carboxylic acids is 1. The monoisotopic (exact) mass is 442 g/mol. The van der Waals surface area contributed by atoms with Crippen molar-refractivity contribution in [3.8, 4) is 0 Å². The minimum atomic E-state index is -0.998. The largest absolute Gasteiger partial charge is 0.352 e. The molecule has 0 spiro atoms. The van der Waals surface area contributed by atoms with E-state index in [-0.39, 0.29) is 12.4 Å². The zero-order valence-electron chi connectivity index (χ0n) is 16.8. The molecular weight excluding hydrogens is 422 g/mol. The highest BCUT2D eigenvalue weighted by Gasteiger charge is 2.20. The zero-order valence-corrected chi connectivity index (χ0v) is 17.6. The third kappa shape index (κ3) is 4.88. The van der Waals surface area contributed by atoms with Crippen molar-refractivity contribution in [3.63, 3.8) is 0 Å². The fraction of sp³-hybridized carbons (Fsp3) is 0.174. The van der Waals surface area contributed by atoms with Crippen molar-refractivity contribution in [3.05, 3.63) is 89.4 Å². The van der Waals surface area contributed by atoms with E-state index in [1.54, 1.807) is 18.3 Å². The average Bonchev–Trinajstić information content (AvgIpc) is 2.75. The Labute approximate surface area is 185 Å². The van der Waals surface area contributed by atoms with Gasteiger partial charge in [-0.05, 0) is 48.7 Å². The van der Waals surface area contributed by atoms with Gasteiger partial charge in [-0.2, -0.15) is 0 Å². The van der Waals surface area contributed by atoms with Crippen molar-refractivity contribution < 1.29 is 13.6 Å². The summed E-state index contributed by atoms with van der Waals surface area (Å²) >= 11 is 0. The van der Waals surface area contributed by atoms with E-state index in [4.69, 9.17) is 0 Å². The van der Waals surface area contributed by atoms with Gasteiger partial charge in [0.2, 0.25) is 0 Å². The lowest BCUT2D eigenvalue weighted by atomic mass is 9.95. The van der Waals surface area contributed by atoms with Gasteiger partial charge in [-0.1, -0.05) is 23.8 Å². The Balaban J connectivity index is 0.00000272. The van der Waals surface area contributed by atoms with Crippen molar-refractivity contribution in [1.82, 2.24) is 9.97 Å². The predicted octanol–water partition coefficient (Wildman–Crippen LogP) is 5.11. The molecule has 1 N–H and O–H groups in total. The van der Waals surface area contributed by atoms with Crippen LogP contribution in [0.2, 0.25) is 0 Å². The number of amides is 1. The van der Waals surface area contributed by atoms with Crippen LogP contribution in [0, 0.1) is 11.6 Å². The molecule has 0 aliphatic carbocycles. The average molecular weight is 443 g/mol. The molecule has 0 radical (unpaired) electrons. The molecule has 1 aromatic carbocycles. The molecule has 4 rings (SSSR count). The number of nitrogens with one attached hydrogen (secondary N) is 1. The molecule has 3 aromatic rings. The maximum Gasteiger partial charge on any atom is 0.261 e. The van der Waals surface area contributed by atoms with Crippen LogP contribution in [0.4, 0.5) is 20.3 Å². The molecule has 160 valence electrons. The summed E-state index contributed by atoms with van der Waals surface area (Å²) in [4.78, 5) is 22.3. The number of hydrogen-bond donors (Lipinski definition) is 1. The second-order valence-corrected chi connectivity index (χ2v) is 7.13. The van der Waals surface area contributed by atoms with Gasteiger partial charge in [0.05, 0.1) is 12.4 Å².